The molecule has 0 N–H and O–H groups in total. The molecule has 4 rings (SSSR count). The number of amides is 1. The minimum atomic E-state index is 0.0346. The van der Waals surface area contributed by atoms with Crippen LogP contribution in [0.5, 0.6) is 17.2 Å². The maximum atomic E-state index is 13.5. The first-order chi connectivity index (χ1) is 15.1. The molecule has 0 spiro atoms. The number of ether oxygens (including phenoxy) is 3. The van der Waals surface area contributed by atoms with Crippen LogP contribution in [0.4, 0.5) is 5.69 Å². The maximum Gasteiger partial charge on any atom is 0.241 e. The van der Waals surface area contributed by atoms with Crippen molar-refractivity contribution in [3.05, 3.63) is 60.7 Å². The van der Waals surface area contributed by atoms with Crippen LogP contribution in [0.2, 0.25) is 0 Å². The summed E-state index contributed by atoms with van der Waals surface area (Å²) in [5, 5.41) is 0. The maximum absolute atomic E-state index is 13.5. The molecule has 2 aromatic rings. The van der Waals surface area contributed by atoms with Crippen molar-refractivity contribution in [1.82, 2.24) is 4.90 Å². The highest BCUT2D eigenvalue weighted by Crippen LogP contribution is 2.37. The molecule has 0 aromatic heterocycles. The predicted octanol–water partition coefficient (Wildman–Crippen LogP) is 4.24. The average Bonchev–Trinajstić information content (AvgIpc) is 3.52. The average molecular weight is 423 g/mol. The van der Waals surface area contributed by atoms with Gasteiger partial charge in [-0.2, -0.15) is 0 Å². The lowest BCUT2D eigenvalue weighted by atomic mass is 10.1. The number of hydrogen-bond donors (Lipinski definition) is 0. The van der Waals surface area contributed by atoms with Crippen molar-refractivity contribution in [3.63, 3.8) is 0 Å². The highest BCUT2D eigenvalue weighted by Gasteiger charge is 2.32. The molecule has 1 aliphatic carbocycles. The number of para-hydroxylation sites is 1. The number of hydrogen-bond acceptors (Lipinski definition) is 5. The van der Waals surface area contributed by atoms with Crippen LogP contribution in [0.25, 0.3) is 0 Å². The van der Waals surface area contributed by atoms with Gasteiger partial charge in [0.1, 0.15) is 12.4 Å². The second-order valence-corrected chi connectivity index (χ2v) is 8.22. The molecule has 31 heavy (non-hydrogen) atoms. The van der Waals surface area contributed by atoms with Gasteiger partial charge in [0.2, 0.25) is 12.7 Å². The first-order valence-electron chi connectivity index (χ1n) is 10.8. The highest BCUT2D eigenvalue weighted by atomic mass is 16.7. The minimum Gasteiger partial charge on any atom is -0.489 e. The summed E-state index contributed by atoms with van der Waals surface area (Å²) in [6, 6.07) is 13.8. The van der Waals surface area contributed by atoms with Gasteiger partial charge in [-0.15, -0.1) is 0 Å². The monoisotopic (exact) mass is 422 g/mol. The molecular weight excluding hydrogens is 392 g/mol. The van der Waals surface area contributed by atoms with Crippen molar-refractivity contribution in [2.75, 3.05) is 31.9 Å². The Morgan fingerprint density at radius 2 is 2.00 bits per heavy atom. The Morgan fingerprint density at radius 1 is 1.23 bits per heavy atom. The van der Waals surface area contributed by atoms with Crippen LogP contribution in [0, 0.1) is 5.92 Å². The van der Waals surface area contributed by atoms with E-state index in [9.17, 15) is 4.79 Å². The van der Waals surface area contributed by atoms with Gasteiger partial charge < -0.3 is 19.1 Å². The van der Waals surface area contributed by atoms with Gasteiger partial charge in [-0.3, -0.25) is 9.69 Å². The summed E-state index contributed by atoms with van der Waals surface area (Å²) < 4.78 is 16.8. The number of anilines is 1. The Hall–Kier alpha value is -2.99. The second kappa shape index (κ2) is 9.43. The van der Waals surface area contributed by atoms with E-state index >= 15 is 0 Å². The van der Waals surface area contributed by atoms with Gasteiger partial charge in [0.05, 0.1) is 13.1 Å². The number of likely N-dealkylation sites (N-methyl/N-ethyl adjacent to an activating group) is 1. The predicted molar refractivity (Wildman–Crippen MR) is 121 cm³/mol. The molecule has 6 heteroatoms. The molecular formula is C25H30N2O4. The molecule has 0 bridgehead atoms. The Kier molecular flexibility index (Phi) is 6.47. The minimum absolute atomic E-state index is 0.0346. The lowest BCUT2D eigenvalue weighted by Crippen LogP contribution is -2.42. The molecule has 1 atom stereocenters. The van der Waals surface area contributed by atoms with E-state index in [0.29, 0.717) is 43.2 Å². The van der Waals surface area contributed by atoms with Gasteiger partial charge in [-0.1, -0.05) is 30.9 Å². The van der Waals surface area contributed by atoms with Crippen LogP contribution in [-0.4, -0.2) is 43.8 Å². The number of nitrogens with zero attached hydrogens (tertiary/aromatic N) is 2. The largest absolute Gasteiger partial charge is 0.489 e. The van der Waals surface area contributed by atoms with Crippen LogP contribution < -0.4 is 19.1 Å². The summed E-state index contributed by atoms with van der Waals surface area (Å²) in [6.45, 7) is 7.29. The Balaban J connectivity index is 1.59. The van der Waals surface area contributed by atoms with E-state index in [1.807, 2.05) is 49.5 Å². The van der Waals surface area contributed by atoms with Crippen molar-refractivity contribution < 1.29 is 19.0 Å². The lowest BCUT2D eigenvalue weighted by Gasteiger charge is -2.29. The Bertz CT molecular complexity index is 941. The van der Waals surface area contributed by atoms with E-state index in [1.54, 1.807) is 11.0 Å². The number of rotatable bonds is 10. The molecule has 0 radical (unpaired) electrons. The summed E-state index contributed by atoms with van der Waals surface area (Å²) in [4.78, 5) is 17.4. The first-order valence-corrected chi connectivity index (χ1v) is 10.8. The van der Waals surface area contributed by atoms with E-state index in [0.717, 1.165) is 17.0 Å². The summed E-state index contributed by atoms with van der Waals surface area (Å²) in [7, 11) is 2.03. The summed E-state index contributed by atoms with van der Waals surface area (Å²) in [6.07, 6.45) is 4.21. The van der Waals surface area contributed by atoms with Crippen molar-refractivity contribution >= 4 is 11.6 Å². The van der Waals surface area contributed by atoms with E-state index in [1.165, 1.54) is 12.8 Å². The first kappa shape index (κ1) is 21.2. The third-order valence-corrected chi connectivity index (χ3v) is 6.01. The normalized spacial score (nSPS) is 15.6. The fraction of sp³-hybridized carbons (Fsp3) is 0.400. The van der Waals surface area contributed by atoms with Gasteiger partial charge >= 0.3 is 0 Å². The van der Waals surface area contributed by atoms with Crippen LogP contribution in [0.1, 0.15) is 25.3 Å². The van der Waals surface area contributed by atoms with Gasteiger partial charge in [-0.25, -0.2) is 0 Å². The third-order valence-electron chi connectivity index (χ3n) is 6.01. The zero-order valence-electron chi connectivity index (χ0n) is 18.3. The summed E-state index contributed by atoms with van der Waals surface area (Å²) in [5.41, 5.74) is 1.72. The SMILES string of the molecule is C=CCOc1ccccc1CN(C(=O)CN(C)C(C)C1CC1)c1ccc2c(c1)OCO2. The smallest absolute Gasteiger partial charge is 0.241 e. The Labute approximate surface area is 184 Å². The van der Waals surface area contributed by atoms with Crippen molar-refractivity contribution in [2.45, 2.75) is 32.4 Å². The lowest BCUT2D eigenvalue weighted by molar-refractivity contribution is -0.120. The molecule has 2 aromatic carbocycles. The van der Waals surface area contributed by atoms with Gasteiger partial charge in [0, 0.05) is 23.4 Å². The van der Waals surface area contributed by atoms with Gasteiger partial charge in [0.25, 0.3) is 0 Å². The molecule has 1 saturated carbocycles. The van der Waals surface area contributed by atoms with Gasteiger partial charge in [-0.05, 0) is 50.9 Å². The summed E-state index contributed by atoms with van der Waals surface area (Å²) in [5.74, 6) is 2.84. The van der Waals surface area contributed by atoms with Crippen molar-refractivity contribution in [3.8, 4) is 17.2 Å². The van der Waals surface area contributed by atoms with E-state index in [-0.39, 0.29) is 12.7 Å². The molecule has 1 amide bonds. The molecule has 0 saturated heterocycles. The van der Waals surface area contributed by atoms with Crippen LogP contribution >= 0.6 is 0 Å². The van der Waals surface area contributed by atoms with Crippen LogP contribution in [-0.2, 0) is 11.3 Å². The summed E-state index contributed by atoms with van der Waals surface area (Å²) >= 11 is 0. The topological polar surface area (TPSA) is 51.2 Å². The van der Waals surface area contributed by atoms with E-state index in [2.05, 4.69) is 18.4 Å². The fourth-order valence-electron chi connectivity index (χ4n) is 3.85. The van der Waals surface area contributed by atoms with Crippen molar-refractivity contribution in [1.29, 1.82) is 0 Å². The zero-order chi connectivity index (χ0) is 21.8. The Morgan fingerprint density at radius 3 is 2.77 bits per heavy atom. The highest BCUT2D eigenvalue weighted by molar-refractivity contribution is 5.95. The standard InChI is InChI=1S/C25H30N2O4/c1-4-13-29-22-8-6-5-7-20(22)15-27(21-11-12-23-24(14-21)31-17-30-23)25(28)16-26(3)18(2)19-9-10-19/h4-8,11-12,14,18-19H,1,9-10,13,15-17H2,2-3H3. The quantitative estimate of drug-likeness (QED) is 0.536. The number of carbonyl (C=O) groups is 1. The molecule has 6 nitrogen and oxygen atoms in total. The van der Waals surface area contributed by atoms with Crippen molar-refractivity contribution in [2.24, 2.45) is 5.92 Å². The number of carbonyl (C=O) groups excluding carboxylic acids is 1. The van der Waals surface area contributed by atoms with E-state index in [4.69, 9.17) is 14.2 Å². The number of benzene rings is 2. The van der Waals surface area contributed by atoms with Crippen LogP contribution in [0.3, 0.4) is 0 Å². The molecule has 1 heterocycles. The zero-order valence-corrected chi connectivity index (χ0v) is 18.3. The second-order valence-electron chi connectivity index (χ2n) is 8.22. The molecule has 1 fully saturated rings. The third kappa shape index (κ3) is 5.02. The molecule has 2 aliphatic rings. The van der Waals surface area contributed by atoms with Crippen LogP contribution in [0.15, 0.2) is 55.1 Å². The molecule has 1 unspecified atom stereocenters. The van der Waals surface area contributed by atoms with E-state index < -0.39 is 0 Å². The number of fused-ring (bicyclic) bond motifs is 1. The fourth-order valence-corrected chi connectivity index (χ4v) is 3.85. The molecule has 1 aliphatic heterocycles. The molecule has 164 valence electrons. The van der Waals surface area contributed by atoms with Gasteiger partial charge in [0.15, 0.2) is 11.5 Å².